The molecule has 0 N–H and O–H groups in total. The van der Waals surface area contributed by atoms with Gasteiger partial charge in [-0.3, -0.25) is 9.69 Å². The number of hydrogen-bond acceptors (Lipinski definition) is 4. The predicted molar refractivity (Wildman–Crippen MR) is 90.5 cm³/mol. The third-order valence-corrected chi connectivity index (χ3v) is 4.20. The van der Waals surface area contributed by atoms with Crippen LogP contribution in [0.1, 0.15) is 31.0 Å². The number of carbonyl (C=O) groups is 1. The van der Waals surface area contributed by atoms with Gasteiger partial charge >= 0.3 is 6.18 Å². The van der Waals surface area contributed by atoms with E-state index in [0.29, 0.717) is 0 Å². The number of carbonyl (C=O) groups excluding carboxylic acids is 1. The van der Waals surface area contributed by atoms with Crippen LogP contribution in [0.2, 0.25) is 0 Å². The van der Waals surface area contributed by atoms with E-state index in [-0.39, 0.29) is 11.6 Å². The van der Waals surface area contributed by atoms with Crippen LogP contribution < -0.4 is 9.64 Å². The Balaban J connectivity index is 2.21. The monoisotopic (exact) mass is 377 g/mol. The number of ether oxygens (including phenoxy) is 1. The highest BCUT2D eigenvalue weighted by atomic mass is 19.4. The molecule has 1 aromatic heterocycles. The van der Waals surface area contributed by atoms with Crippen LogP contribution in [0, 0.1) is 0 Å². The van der Waals surface area contributed by atoms with Gasteiger partial charge < -0.3 is 4.74 Å². The lowest BCUT2D eigenvalue weighted by molar-refractivity contribution is -0.137. The van der Waals surface area contributed by atoms with Gasteiger partial charge in [0.15, 0.2) is 6.10 Å². The van der Waals surface area contributed by atoms with Crippen LogP contribution >= 0.6 is 0 Å². The highest BCUT2D eigenvalue weighted by molar-refractivity contribution is 6.00. The molecule has 140 valence electrons. The summed E-state index contributed by atoms with van der Waals surface area (Å²) in [7, 11) is 0. The second-order valence-electron chi connectivity index (χ2n) is 5.93. The fourth-order valence-corrected chi connectivity index (χ4v) is 2.88. The van der Waals surface area contributed by atoms with Gasteiger partial charge in [0.2, 0.25) is 5.88 Å². The maximum atomic E-state index is 13.4. The van der Waals surface area contributed by atoms with Crippen molar-refractivity contribution in [2.24, 2.45) is 5.11 Å². The van der Waals surface area contributed by atoms with E-state index >= 15 is 0 Å². The molecule has 1 aliphatic rings. The van der Waals surface area contributed by atoms with Crippen molar-refractivity contribution in [3.8, 4) is 5.88 Å². The fraction of sp³-hybridized carbons (Fsp3) is 0.294. The summed E-state index contributed by atoms with van der Waals surface area (Å²) < 4.78 is 45.6. The van der Waals surface area contributed by atoms with Gasteiger partial charge in [0.05, 0.1) is 11.6 Å². The lowest BCUT2D eigenvalue weighted by Crippen LogP contribution is -2.46. The van der Waals surface area contributed by atoms with Crippen molar-refractivity contribution >= 4 is 17.4 Å². The molecule has 0 spiro atoms. The SMILES string of the molecule is C[C@H]1Oc2nc(N=[N+]=[N-])c(C(F)(F)F)cc2N([C@@H](C)c2ccccc2)C1=O. The minimum atomic E-state index is -4.82. The van der Waals surface area contributed by atoms with Crippen molar-refractivity contribution < 1.29 is 22.7 Å². The molecule has 2 aromatic rings. The molecule has 1 amide bonds. The average Bonchev–Trinajstić information content (AvgIpc) is 2.62. The summed E-state index contributed by atoms with van der Waals surface area (Å²) in [6.45, 7) is 3.17. The Morgan fingerprint density at radius 3 is 2.59 bits per heavy atom. The molecule has 7 nitrogen and oxygen atoms in total. The van der Waals surface area contributed by atoms with E-state index in [1.165, 1.54) is 11.8 Å². The van der Waals surface area contributed by atoms with Gasteiger partial charge in [0.1, 0.15) is 11.5 Å². The summed E-state index contributed by atoms with van der Waals surface area (Å²) in [5, 5.41) is 3.02. The lowest BCUT2D eigenvalue weighted by atomic mass is 10.0. The summed E-state index contributed by atoms with van der Waals surface area (Å²) in [6.07, 6.45) is -5.77. The first kappa shape index (κ1) is 18.5. The number of aromatic nitrogens is 1. The first-order chi connectivity index (χ1) is 12.7. The van der Waals surface area contributed by atoms with Crippen LogP contribution in [-0.4, -0.2) is 17.0 Å². The van der Waals surface area contributed by atoms with Gasteiger partial charge in [-0.1, -0.05) is 30.3 Å². The van der Waals surface area contributed by atoms with Crippen LogP contribution in [0.4, 0.5) is 24.7 Å². The summed E-state index contributed by atoms with van der Waals surface area (Å²) in [6, 6.07) is 9.04. The molecule has 0 unspecified atom stereocenters. The second kappa shape index (κ2) is 6.81. The Hall–Kier alpha value is -3.26. The van der Waals surface area contributed by atoms with Crippen LogP contribution in [0.25, 0.3) is 10.4 Å². The van der Waals surface area contributed by atoms with E-state index in [1.807, 2.05) is 0 Å². The number of amides is 1. The standard InChI is InChI=1S/C17H14F3N5O2/c1-9(11-6-4-3-5-7-11)25-13-8-12(17(18,19)20)14(23-24-21)22-15(13)27-10(2)16(25)26/h3-10H,1-2H3/t9-,10+/m0/s1. The second-order valence-corrected chi connectivity index (χ2v) is 5.93. The van der Waals surface area contributed by atoms with Crippen LogP contribution in [-0.2, 0) is 11.0 Å². The van der Waals surface area contributed by atoms with Crippen molar-refractivity contribution in [3.63, 3.8) is 0 Å². The van der Waals surface area contributed by atoms with E-state index in [4.69, 9.17) is 10.3 Å². The van der Waals surface area contributed by atoms with Crippen LogP contribution in [0.5, 0.6) is 5.88 Å². The van der Waals surface area contributed by atoms with E-state index in [0.717, 1.165) is 11.6 Å². The molecule has 0 fully saturated rings. The third-order valence-electron chi connectivity index (χ3n) is 4.20. The Bertz CT molecular complexity index is 926. The maximum absolute atomic E-state index is 13.4. The highest BCUT2D eigenvalue weighted by Gasteiger charge is 2.41. The van der Waals surface area contributed by atoms with Crippen molar-refractivity contribution in [2.75, 3.05) is 4.90 Å². The predicted octanol–water partition coefficient (Wildman–Crippen LogP) is 4.92. The number of fused-ring (bicyclic) bond motifs is 1. The topological polar surface area (TPSA) is 91.2 Å². The van der Waals surface area contributed by atoms with Gasteiger partial charge in [-0.25, -0.2) is 4.98 Å². The molecule has 0 saturated carbocycles. The van der Waals surface area contributed by atoms with Crippen molar-refractivity contribution in [1.29, 1.82) is 0 Å². The average molecular weight is 377 g/mol. The molecular formula is C17H14F3N5O2. The molecule has 0 radical (unpaired) electrons. The molecule has 10 heteroatoms. The van der Waals surface area contributed by atoms with Crippen molar-refractivity contribution in [1.82, 2.24) is 4.98 Å². The van der Waals surface area contributed by atoms with Crippen molar-refractivity contribution in [2.45, 2.75) is 32.2 Å². The van der Waals surface area contributed by atoms with E-state index in [1.54, 1.807) is 37.3 Å². The quantitative estimate of drug-likeness (QED) is 0.432. The van der Waals surface area contributed by atoms with Gasteiger partial charge in [-0.05, 0) is 36.1 Å². The van der Waals surface area contributed by atoms with E-state index in [9.17, 15) is 18.0 Å². The van der Waals surface area contributed by atoms with Gasteiger partial charge in [-0.2, -0.15) is 13.2 Å². The zero-order valence-electron chi connectivity index (χ0n) is 14.3. The molecule has 0 saturated heterocycles. The van der Waals surface area contributed by atoms with Gasteiger partial charge in [0.25, 0.3) is 5.91 Å². The Labute approximate surface area is 152 Å². The van der Waals surface area contributed by atoms with E-state index < -0.39 is 35.6 Å². The number of halogens is 3. The first-order valence-electron chi connectivity index (χ1n) is 7.96. The summed E-state index contributed by atoms with van der Waals surface area (Å²) in [5.41, 5.74) is 7.91. The Morgan fingerprint density at radius 2 is 2.00 bits per heavy atom. The van der Waals surface area contributed by atoms with Crippen molar-refractivity contribution in [3.05, 3.63) is 58.0 Å². The van der Waals surface area contributed by atoms with Gasteiger partial charge in [-0.15, -0.1) is 0 Å². The number of rotatable bonds is 3. The number of alkyl halides is 3. The molecule has 1 aromatic carbocycles. The summed E-state index contributed by atoms with van der Waals surface area (Å²) >= 11 is 0. The fourth-order valence-electron chi connectivity index (χ4n) is 2.88. The lowest BCUT2D eigenvalue weighted by Gasteiger charge is -2.37. The van der Waals surface area contributed by atoms with Crippen LogP contribution in [0.3, 0.4) is 0 Å². The van der Waals surface area contributed by atoms with Crippen LogP contribution in [0.15, 0.2) is 41.5 Å². The zero-order valence-corrected chi connectivity index (χ0v) is 14.3. The van der Waals surface area contributed by atoms with E-state index in [2.05, 4.69) is 15.0 Å². The Kier molecular flexibility index (Phi) is 4.67. The zero-order chi connectivity index (χ0) is 19.8. The molecule has 0 aliphatic carbocycles. The number of pyridine rings is 1. The molecular weight excluding hydrogens is 363 g/mol. The van der Waals surface area contributed by atoms with Gasteiger partial charge in [0, 0.05) is 4.91 Å². The normalized spacial score (nSPS) is 17.6. The summed E-state index contributed by atoms with van der Waals surface area (Å²) in [4.78, 5) is 20.0. The highest BCUT2D eigenvalue weighted by Crippen LogP contribution is 2.45. The number of azide groups is 1. The smallest absolute Gasteiger partial charge is 0.418 e. The number of hydrogen-bond donors (Lipinski definition) is 0. The molecule has 1 aliphatic heterocycles. The molecule has 27 heavy (non-hydrogen) atoms. The molecule has 2 heterocycles. The largest absolute Gasteiger partial charge is 0.463 e. The number of anilines is 1. The molecule has 0 bridgehead atoms. The summed E-state index contributed by atoms with van der Waals surface area (Å²) in [5.74, 6) is -1.54. The third kappa shape index (κ3) is 3.39. The first-order valence-corrected chi connectivity index (χ1v) is 7.96. The molecule has 2 atom stereocenters. The number of benzene rings is 1. The number of nitrogens with zero attached hydrogens (tertiary/aromatic N) is 5. The molecule has 3 rings (SSSR count). The Morgan fingerprint density at radius 1 is 1.33 bits per heavy atom. The maximum Gasteiger partial charge on any atom is 0.418 e. The minimum Gasteiger partial charge on any atom is -0.463 e. The minimum absolute atomic E-state index is 0.126.